The van der Waals surface area contributed by atoms with Crippen molar-refractivity contribution in [1.82, 2.24) is 9.97 Å². The van der Waals surface area contributed by atoms with E-state index < -0.39 is 5.76 Å². The zero-order valence-corrected chi connectivity index (χ0v) is 13.1. The summed E-state index contributed by atoms with van der Waals surface area (Å²) in [4.78, 5) is 29.1. The lowest BCUT2D eigenvalue weighted by molar-refractivity contribution is -0.115. The Labute approximate surface area is 140 Å². The van der Waals surface area contributed by atoms with Crippen LogP contribution >= 0.6 is 11.6 Å². The van der Waals surface area contributed by atoms with E-state index in [1.54, 1.807) is 30.5 Å². The maximum atomic E-state index is 12.3. The lowest BCUT2D eigenvalue weighted by Crippen LogP contribution is -2.14. The molecule has 3 N–H and O–H groups in total. The molecule has 0 bridgehead atoms. The molecule has 0 saturated carbocycles. The second-order valence-corrected chi connectivity index (χ2v) is 5.89. The van der Waals surface area contributed by atoms with Gasteiger partial charge in [0.2, 0.25) is 5.91 Å². The van der Waals surface area contributed by atoms with Gasteiger partial charge in [-0.05, 0) is 35.9 Å². The van der Waals surface area contributed by atoms with Crippen molar-refractivity contribution in [1.29, 1.82) is 0 Å². The Hall–Kier alpha value is -2.99. The summed E-state index contributed by atoms with van der Waals surface area (Å²) in [5.41, 5.74) is 3.34. The minimum absolute atomic E-state index is 0.173. The van der Waals surface area contributed by atoms with Gasteiger partial charge in [0.25, 0.3) is 0 Å². The summed E-state index contributed by atoms with van der Waals surface area (Å²) in [5, 5.41) is 4.34. The van der Waals surface area contributed by atoms with Gasteiger partial charge in [-0.25, -0.2) is 4.79 Å². The highest BCUT2D eigenvalue weighted by atomic mass is 35.5. The number of aromatic nitrogens is 2. The number of aromatic amines is 2. The molecule has 0 spiro atoms. The highest BCUT2D eigenvalue weighted by Gasteiger charge is 2.10. The van der Waals surface area contributed by atoms with Crippen molar-refractivity contribution in [2.24, 2.45) is 0 Å². The van der Waals surface area contributed by atoms with Crippen molar-refractivity contribution in [3.8, 4) is 0 Å². The minimum Gasteiger partial charge on any atom is -0.408 e. The molecule has 0 aliphatic heterocycles. The van der Waals surface area contributed by atoms with Crippen LogP contribution < -0.4 is 11.1 Å². The number of hydrogen-bond donors (Lipinski definition) is 3. The number of carbonyl (C=O) groups excluding carboxylic acids is 1. The summed E-state index contributed by atoms with van der Waals surface area (Å²) < 4.78 is 4.98. The third-order valence-electron chi connectivity index (χ3n) is 3.79. The van der Waals surface area contributed by atoms with E-state index in [1.165, 1.54) is 0 Å². The molecule has 0 unspecified atom stereocenters. The average molecular weight is 342 g/mol. The Morgan fingerprint density at radius 3 is 2.88 bits per heavy atom. The van der Waals surface area contributed by atoms with Gasteiger partial charge in [0.05, 0.1) is 11.9 Å². The number of halogens is 1. The van der Waals surface area contributed by atoms with Crippen LogP contribution in [0.3, 0.4) is 0 Å². The Bertz CT molecular complexity index is 1120. The molecule has 2 heterocycles. The third-order valence-corrected chi connectivity index (χ3v) is 4.02. The maximum absolute atomic E-state index is 12.3. The van der Waals surface area contributed by atoms with Gasteiger partial charge in [-0.2, -0.15) is 0 Å². The largest absolute Gasteiger partial charge is 0.417 e. The van der Waals surface area contributed by atoms with Crippen molar-refractivity contribution in [2.75, 3.05) is 5.32 Å². The Balaban J connectivity index is 1.56. The predicted octanol–water partition coefficient (Wildman–Crippen LogP) is 3.44. The quantitative estimate of drug-likeness (QED) is 0.533. The van der Waals surface area contributed by atoms with E-state index >= 15 is 0 Å². The Kier molecular flexibility index (Phi) is 3.39. The second kappa shape index (κ2) is 5.58. The predicted molar refractivity (Wildman–Crippen MR) is 92.5 cm³/mol. The van der Waals surface area contributed by atoms with Crippen LogP contribution in [0.5, 0.6) is 0 Å². The third kappa shape index (κ3) is 2.68. The van der Waals surface area contributed by atoms with Crippen molar-refractivity contribution < 1.29 is 9.21 Å². The SMILES string of the molecule is O=C(Cc1c[nH]c2ccc(Cl)cc12)Nc1ccc2[nH]c(=O)oc2c1. The van der Waals surface area contributed by atoms with Crippen LogP contribution in [0, 0.1) is 0 Å². The zero-order chi connectivity index (χ0) is 16.7. The summed E-state index contributed by atoms with van der Waals surface area (Å²) in [5.74, 6) is -0.697. The molecule has 0 fully saturated rings. The Morgan fingerprint density at radius 2 is 2.00 bits per heavy atom. The normalized spacial score (nSPS) is 11.2. The van der Waals surface area contributed by atoms with Gasteiger partial charge in [-0.1, -0.05) is 11.6 Å². The molecule has 24 heavy (non-hydrogen) atoms. The fourth-order valence-electron chi connectivity index (χ4n) is 2.70. The molecular weight excluding hydrogens is 330 g/mol. The van der Waals surface area contributed by atoms with Crippen LogP contribution in [0.1, 0.15) is 5.56 Å². The average Bonchev–Trinajstić information content (AvgIpc) is 3.09. The fourth-order valence-corrected chi connectivity index (χ4v) is 2.87. The molecule has 4 aromatic rings. The first-order chi connectivity index (χ1) is 11.6. The number of H-pyrrole nitrogens is 2. The van der Waals surface area contributed by atoms with Crippen molar-refractivity contribution in [3.63, 3.8) is 0 Å². The van der Waals surface area contributed by atoms with Gasteiger partial charge < -0.3 is 14.7 Å². The molecule has 7 heteroatoms. The van der Waals surface area contributed by atoms with Crippen LogP contribution in [0.4, 0.5) is 5.69 Å². The summed E-state index contributed by atoms with van der Waals surface area (Å²) in [7, 11) is 0. The molecule has 120 valence electrons. The number of nitrogens with one attached hydrogen (secondary N) is 3. The van der Waals surface area contributed by atoms with Crippen LogP contribution in [0.2, 0.25) is 5.02 Å². The number of benzene rings is 2. The van der Waals surface area contributed by atoms with E-state index in [2.05, 4.69) is 15.3 Å². The fraction of sp³-hybridized carbons (Fsp3) is 0.0588. The highest BCUT2D eigenvalue weighted by Crippen LogP contribution is 2.23. The molecule has 0 radical (unpaired) electrons. The van der Waals surface area contributed by atoms with E-state index in [9.17, 15) is 9.59 Å². The Morgan fingerprint density at radius 1 is 1.17 bits per heavy atom. The lowest BCUT2D eigenvalue weighted by Gasteiger charge is -2.04. The van der Waals surface area contributed by atoms with E-state index in [0.29, 0.717) is 21.8 Å². The molecule has 0 saturated heterocycles. The van der Waals surface area contributed by atoms with Crippen LogP contribution in [-0.4, -0.2) is 15.9 Å². The zero-order valence-electron chi connectivity index (χ0n) is 12.4. The van der Waals surface area contributed by atoms with Gasteiger partial charge in [-0.15, -0.1) is 0 Å². The minimum atomic E-state index is -0.524. The van der Waals surface area contributed by atoms with E-state index in [-0.39, 0.29) is 12.3 Å². The lowest BCUT2D eigenvalue weighted by atomic mass is 10.1. The summed E-state index contributed by atoms with van der Waals surface area (Å²) in [6.07, 6.45) is 2.00. The molecule has 1 amide bonds. The van der Waals surface area contributed by atoms with Gasteiger partial charge >= 0.3 is 5.76 Å². The summed E-state index contributed by atoms with van der Waals surface area (Å²) in [6.45, 7) is 0. The molecule has 0 aliphatic rings. The van der Waals surface area contributed by atoms with Gasteiger partial charge in [0.1, 0.15) is 0 Å². The van der Waals surface area contributed by atoms with Crippen molar-refractivity contribution in [3.05, 3.63) is 63.7 Å². The van der Waals surface area contributed by atoms with Crippen LogP contribution in [0.15, 0.2) is 51.8 Å². The van der Waals surface area contributed by atoms with Gasteiger partial charge in [0.15, 0.2) is 5.58 Å². The standard InChI is InChI=1S/C17H12ClN3O3/c18-10-1-3-13-12(6-10)9(8-19-13)5-16(22)20-11-2-4-14-15(7-11)24-17(23)21-14/h1-4,6-8,19H,5H2,(H,20,22)(H,21,23). The summed E-state index contributed by atoms with van der Waals surface area (Å²) in [6, 6.07) is 10.5. The van der Waals surface area contributed by atoms with E-state index in [4.69, 9.17) is 16.0 Å². The van der Waals surface area contributed by atoms with E-state index in [0.717, 1.165) is 16.5 Å². The number of oxazole rings is 1. The molecule has 6 nitrogen and oxygen atoms in total. The number of hydrogen-bond acceptors (Lipinski definition) is 3. The molecular formula is C17H12ClN3O3. The monoisotopic (exact) mass is 341 g/mol. The van der Waals surface area contributed by atoms with Gasteiger partial charge in [-0.3, -0.25) is 9.78 Å². The second-order valence-electron chi connectivity index (χ2n) is 5.45. The molecule has 2 aromatic carbocycles. The highest BCUT2D eigenvalue weighted by molar-refractivity contribution is 6.31. The van der Waals surface area contributed by atoms with Crippen molar-refractivity contribution in [2.45, 2.75) is 6.42 Å². The number of fused-ring (bicyclic) bond motifs is 2. The number of carbonyl (C=O) groups is 1. The topological polar surface area (TPSA) is 90.9 Å². The van der Waals surface area contributed by atoms with E-state index in [1.807, 2.05) is 12.1 Å². The van der Waals surface area contributed by atoms with Gasteiger partial charge in [0, 0.05) is 33.9 Å². The first-order valence-electron chi connectivity index (χ1n) is 7.27. The summed E-state index contributed by atoms with van der Waals surface area (Å²) >= 11 is 6.02. The molecule has 0 aliphatic carbocycles. The first-order valence-corrected chi connectivity index (χ1v) is 7.64. The first kappa shape index (κ1) is 14.6. The smallest absolute Gasteiger partial charge is 0.408 e. The molecule has 0 atom stereocenters. The van der Waals surface area contributed by atoms with Crippen LogP contribution in [-0.2, 0) is 11.2 Å². The van der Waals surface area contributed by atoms with Crippen molar-refractivity contribution >= 4 is 45.2 Å². The molecule has 4 rings (SSSR count). The number of rotatable bonds is 3. The van der Waals surface area contributed by atoms with Crippen LogP contribution in [0.25, 0.3) is 22.0 Å². The molecule has 2 aromatic heterocycles. The number of amides is 1. The maximum Gasteiger partial charge on any atom is 0.417 e. The number of anilines is 1.